The predicted molar refractivity (Wildman–Crippen MR) is 71.4 cm³/mol. The summed E-state index contributed by atoms with van der Waals surface area (Å²) in [5, 5.41) is 3.50. The van der Waals surface area contributed by atoms with Gasteiger partial charge in [0.25, 0.3) is 0 Å². The minimum atomic E-state index is -4.11. The van der Waals surface area contributed by atoms with Gasteiger partial charge in [-0.2, -0.15) is 13.2 Å². The van der Waals surface area contributed by atoms with Crippen LogP contribution in [0.5, 0.6) is 0 Å². The Bertz CT molecular complexity index is 428. The number of alkyl halides is 3. The number of amides is 1. The molecule has 120 valence electrons. The molecular formula is C14H22F3N3O. The summed E-state index contributed by atoms with van der Waals surface area (Å²) in [6.07, 6.45) is -0.791. The molecule has 1 saturated carbocycles. The maximum absolute atomic E-state index is 12.4. The summed E-state index contributed by atoms with van der Waals surface area (Å²) in [5.41, 5.74) is 5.38. The maximum Gasteiger partial charge on any atom is 0.401 e. The molecule has 3 N–H and O–H groups in total. The fourth-order valence-electron chi connectivity index (χ4n) is 4.33. The molecule has 3 fully saturated rings. The van der Waals surface area contributed by atoms with E-state index in [1.165, 1.54) is 4.90 Å². The molecule has 21 heavy (non-hydrogen) atoms. The zero-order chi connectivity index (χ0) is 15.3. The summed E-state index contributed by atoms with van der Waals surface area (Å²) in [5.74, 6) is 0.389. The molecule has 2 saturated heterocycles. The van der Waals surface area contributed by atoms with E-state index < -0.39 is 12.7 Å². The number of likely N-dealkylation sites (tertiary alicyclic amines) is 1. The Kier molecular flexibility index (Phi) is 3.68. The maximum atomic E-state index is 12.4. The van der Waals surface area contributed by atoms with Gasteiger partial charge in [-0.1, -0.05) is 0 Å². The van der Waals surface area contributed by atoms with Crippen molar-refractivity contribution in [1.29, 1.82) is 0 Å². The molecule has 1 spiro atoms. The first-order valence-electron chi connectivity index (χ1n) is 7.62. The first-order valence-corrected chi connectivity index (χ1v) is 7.62. The standard InChI is InChI=1S/C14H22F3N3O/c15-14(16,17)8-20-4-2-10(7-20)11-6-13(11)5-9(12(18)21)1-3-19-13/h9-11,19H,1-8H2,(H2,18,21)/t9?,10-,11?,13?/m0/s1. The number of hydrogen-bond acceptors (Lipinski definition) is 3. The van der Waals surface area contributed by atoms with Crippen molar-refractivity contribution in [3.05, 3.63) is 0 Å². The highest BCUT2D eigenvalue weighted by atomic mass is 19.4. The SMILES string of the molecule is NC(=O)C1CCNC2(C1)CC2[C@H]1CCN(CC(F)(F)F)C1. The molecule has 0 bridgehead atoms. The third kappa shape index (κ3) is 3.18. The average molecular weight is 305 g/mol. The van der Waals surface area contributed by atoms with E-state index in [2.05, 4.69) is 5.32 Å². The van der Waals surface area contributed by atoms with Crippen molar-refractivity contribution in [2.24, 2.45) is 23.5 Å². The Morgan fingerprint density at radius 2 is 2.10 bits per heavy atom. The van der Waals surface area contributed by atoms with Crippen molar-refractivity contribution in [3.63, 3.8) is 0 Å². The monoisotopic (exact) mass is 305 g/mol. The van der Waals surface area contributed by atoms with Gasteiger partial charge in [-0.15, -0.1) is 0 Å². The molecule has 3 rings (SSSR count). The van der Waals surface area contributed by atoms with Crippen LogP contribution in [0.3, 0.4) is 0 Å². The molecule has 0 aromatic carbocycles. The van der Waals surface area contributed by atoms with E-state index in [0.29, 0.717) is 24.9 Å². The molecule has 0 aromatic rings. The highest BCUT2D eigenvalue weighted by Gasteiger charge is 2.60. The molecule has 1 aliphatic carbocycles. The van der Waals surface area contributed by atoms with Crippen LogP contribution in [0.25, 0.3) is 0 Å². The number of hydrogen-bond donors (Lipinski definition) is 2. The summed E-state index contributed by atoms with van der Waals surface area (Å²) in [4.78, 5) is 12.9. The van der Waals surface area contributed by atoms with Gasteiger partial charge in [0.1, 0.15) is 0 Å². The van der Waals surface area contributed by atoms with Crippen LogP contribution in [0, 0.1) is 17.8 Å². The number of piperidine rings is 1. The first-order chi connectivity index (χ1) is 9.79. The van der Waals surface area contributed by atoms with Crippen molar-refractivity contribution >= 4 is 5.91 Å². The molecular weight excluding hydrogens is 283 g/mol. The topological polar surface area (TPSA) is 58.4 Å². The van der Waals surface area contributed by atoms with Gasteiger partial charge >= 0.3 is 6.18 Å². The molecule has 4 nitrogen and oxygen atoms in total. The molecule has 2 heterocycles. The highest BCUT2D eigenvalue weighted by Crippen LogP contribution is 2.55. The van der Waals surface area contributed by atoms with Gasteiger partial charge in [-0.25, -0.2) is 0 Å². The number of nitrogens with two attached hydrogens (primary N) is 1. The van der Waals surface area contributed by atoms with E-state index in [1.807, 2.05) is 0 Å². The van der Waals surface area contributed by atoms with Crippen molar-refractivity contribution in [1.82, 2.24) is 10.2 Å². The van der Waals surface area contributed by atoms with E-state index in [9.17, 15) is 18.0 Å². The summed E-state index contributed by atoms with van der Waals surface area (Å²) < 4.78 is 37.3. The molecule has 1 amide bonds. The lowest BCUT2D eigenvalue weighted by Crippen LogP contribution is -2.46. The van der Waals surface area contributed by atoms with Crippen molar-refractivity contribution in [3.8, 4) is 0 Å². The van der Waals surface area contributed by atoms with Gasteiger partial charge in [0.2, 0.25) is 5.91 Å². The number of nitrogens with one attached hydrogen (secondary N) is 1. The Balaban J connectivity index is 1.55. The molecule has 0 aromatic heterocycles. The fourth-order valence-corrected chi connectivity index (χ4v) is 4.33. The van der Waals surface area contributed by atoms with Gasteiger partial charge < -0.3 is 11.1 Å². The van der Waals surface area contributed by atoms with E-state index in [-0.39, 0.29) is 17.4 Å². The van der Waals surface area contributed by atoms with Crippen LogP contribution < -0.4 is 11.1 Å². The number of carbonyl (C=O) groups excluding carboxylic acids is 1. The van der Waals surface area contributed by atoms with Crippen molar-refractivity contribution < 1.29 is 18.0 Å². The van der Waals surface area contributed by atoms with Gasteiger partial charge in [0, 0.05) is 18.0 Å². The Morgan fingerprint density at radius 1 is 1.33 bits per heavy atom. The molecule has 7 heteroatoms. The normalized spacial score (nSPS) is 40.6. The number of nitrogens with zero attached hydrogens (tertiary/aromatic N) is 1. The van der Waals surface area contributed by atoms with E-state index in [0.717, 1.165) is 32.2 Å². The summed E-state index contributed by atoms with van der Waals surface area (Å²) >= 11 is 0. The van der Waals surface area contributed by atoms with Gasteiger partial charge in [-0.3, -0.25) is 9.69 Å². The Labute approximate surface area is 122 Å². The first kappa shape index (κ1) is 15.1. The van der Waals surface area contributed by atoms with Crippen LogP contribution in [-0.2, 0) is 4.79 Å². The minimum absolute atomic E-state index is 0.0309. The lowest BCUT2D eigenvalue weighted by molar-refractivity contribution is -0.143. The zero-order valence-electron chi connectivity index (χ0n) is 12.0. The van der Waals surface area contributed by atoms with Crippen LogP contribution in [-0.4, -0.2) is 48.7 Å². The Morgan fingerprint density at radius 3 is 2.76 bits per heavy atom. The number of primary amides is 1. The van der Waals surface area contributed by atoms with Crippen molar-refractivity contribution in [2.45, 2.75) is 37.4 Å². The summed E-state index contributed by atoms with van der Waals surface area (Å²) in [6.45, 7) is 1.02. The fraction of sp³-hybridized carbons (Fsp3) is 0.929. The number of carbonyl (C=O) groups is 1. The molecule has 2 aliphatic heterocycles. The number of rotatable bonds is 3. The quantitative estimate of drug-likeness (QED) is 0.821. The average Bonchev–Trinajstić information content (AvgIpc) is 2.85. The van der Waals surface area contributed by atoms with Gasteiger partial charge in [0.05, 0.1) is 6.54 Å². The second kappa shape index (κ2) is 5.12. The zero-order valence-corrected chi connectivity index (χ0v) is 12.0. The lowest BCUT2D eigenvalue weighted by Gasteiger charge is -2.31. The largest absolute Gasteiger partial charge is 0.401 e. The lowest BCUT2D eigenvalue weighted by atomic mass is 9.86. The van der Waals surface area contributed by atoms with Gasteiger partial charge in [-0.05, 0) is 50.6 Å². The van der Waals surface area contributed by atoms with Crippen LogP contribution in [0.4, 0.5) is 13.2 Å². The van der Waals surface area contributed by atoms with Crippen LogP contribution in [0.1, 0.15) is 25.7 Å². The van der Waals surface area contributed by atoms with Gasteiger partial charge in [0.15, 0.2) is 0 Å². The van der Waals surface area contributed by atoms with E-state index >= 15 is 0 Å². The summed E-state index contributed by atoms with van der Waals surface area (Å²) in [7, 11) is 0. The minimum Gasteiger partial charge on any atom is -0.369 e. The van der Waals surface area contributed by atoms with E-state index in [4.69, 9.17) is 5.73 Å². The third-order valence-electron chi connectivity index (χ3n) is 5.40. The van der Waals surface area contributed by atoms with Crippen molar-refractivity contribution in [2.75, 3.05) is 26.2 Å². The summed E-state index contributed by atoms with van der Waals surface area (Å²) in [6, 6.07) is 0. The second-order valence-corrected chi connectivity index (χ2v) is 6.88. The molecule has 3 aliphatic rings. The molecule has 4 atom stereocenters. The third-order valence-corrected chi connectivity index (χ3v) is 5.40. The van der Waals surface area contributed by atoms with Crippen LogP contribution >= 0.6 is 0 Å². The molecule has 0 radical (unpaired) electrons. The van der Waals surface area contributed by atoms with Crippen LogP contribution in [0.2, 0.25) is 0 Å². The Hall–Kier alpha value is -0.820. The number of halogens is 3. The smallest absolute Gasteiger partial charge is 0.369 e. The van der Waals surface area contributed by atoms with E-state index in [1.54, 1.807) is 0 Å². The molecule has 3 unspecified atom stereocenters. The van der Waals surface area contributed by atoms with Crippen LogP contribution in [0.15, 0.2) is 0 Å². The second-order valence-electron chi connectivity index (χ2n) is 6.88. The highest BCUT2D eigenvalue weighted by molar-refractivity contribution is 5.77. The predicted octanol–water partition coefficient (Wildman–Crippen LogP) is 1.11.